The largest absolute Gasteiger partial charge is 0.471 e. The predicted octanol–water partition coefficient (Wildman–Crippen LogP) is 1.79. The summed E-state index contributed by atoms with van der Waals surface area (Å²) < 4.78 is 51.0. The SMILES string of the molecule is CC(C)(C)[Si](OC[C@H]1O[C@@H](n2cc(C#CCNC(=O)C(F)(F)F)c(=O)[nH]c2=O)C[C@H]1O)(c1ccccc1)c1ccccc1. The van der Waals surface area contributed by atoms with Gasteiger partial charge in [0.15, 0.2) is 0 Å². The Hall–Kier alpha value is -3.96. The van der Waals surface area contributed by atoms with Crippen molar-refractivity contribution >= 4 is 24.6 Å². The maximum atomic E-state index is 12.6. The fourth-order valence-corrected chi connectivity index (χ4v) is 9.73. The van der Waals surface area contributed by atoms with E-state index in [0.717, 1.165) is 21.1 Å². The first-order chi connectivity index (χ1) is 20.2. The lowest BCUT2D eigenvalue weighted by molar-refractivity contribution is -0.173. The average molecular weight is 616 g/mol. The quantitative estimate of drug-likeness (QED) is 0.275. The lowest BCUT2D eigenvalue weighted by Gasteiger charge is -2.43. The van der Waals surface area contributed by atoms with E-state index in [1.165, 1.54) is 0 Å². The molecule has 228 valence electrons. The molecule has 9 nitrogen and oxygen atoms in total. The first kappa shape index (κ1) is 32.0. The number of nitrogens with one attached hydrogen (secondary N) is 2. The van der Waals surface area contributed by atoms with E-state index in [0.29, 0.717) is 0 Å². The van der Waals surface area contributed by atoms with Crippen LogP contribution in [0.3, 0.4) is 0 Å². The number of rotatable bonds is 7. The van der Waals surface area contributed by atoms with E-state index in [4.69, 9.17) is 9.16 Å². The van der Waals surface area contributed by atoms with E-state index in [1.54, 1.807) is 5.32 Å². The Bertz CT molecular complexity index is 1570. The van der Waals surface area contributed by atoms with Gasteiger partial charge in [0.1, 0.15) is 17.9 Å². The normalized spacial score (nSPS) is 19.0. The van der Waals surface area contributed by atoms with E-state index >= 15 is 0 Å². The van der Waals surface area contributed by atoms with Gasteiger partial charge in [-0.3, -0.25) is 19.1 Å². The molecule has 0 bridgehead atoms. The Morgan fingerprint density at radius 1 is 1.09 bits per heavy atom. The third-order valence-electron chi connectivity index (χ3n) is 7.18. The molecule has 0 radical (unpaired) electrons. The number of amides is 1. The highest BCUT2D eigenvalue weighted by atomic mass is 28.4. The van der Waals surface area contributed by atoms with Crippen LogP contribution in [-0.2, 0) is 14.0 Å². The summed E-state index contributed by atoms with van der Waals surface area (Å²) >= 11 is 0. The molecule has 1 fully saturated rings. The van der Waals surface area contributed by atoms with E-state index in [9.17, 15) is 32.7 Å². The number of aromatic nitrogens is 2. The molecule has 0 spiro atoms. The molecule has 2 heterocycles. The number of alkyl halides is 3. The van der Waals surface area contributed by atoms with Crippen molar-refractivity contribution in [2.45, 2.75) is 56.8 Å². The molecule has 1 aliphatic heterocycles. The molecule has 0 unspecified atom stereocenters. The fourth-order valence-electron chi connectivity index (χ4n) is 5.16. The van der Waals surface area contributed by atoms with Gasteiger partial charge in [0.05, 0.1) is 19.3 Å². The molecule has 0 aliphatic carbocycles. The van der Waals surface area contributed by atoms with Crippen molar-refractivity contribution in [2.24, 2.45) is 0 Å². The first-order valence-corrected chi connectivity index (χ1v) is 15.4. The van der Waals surface area contributed by atoms with E-state index in [-0.39, 0.29) is 23.6 Å². The highest BCUT2D eigenvalue weighted by Gasteiger charge is 2.51. The predicted molar refractivity (Wildman–Crippen MR) is 155 cm³/mol. The van der Waals surface area contributed by atoms with Crippen molar-refractivity contribution in [1.82, 2.24) is 14.9 Å². The van der Waals surface area contributed by atoms with Gasteiger partial charge in [0, 0.05) is 12.6 Å². The molecule has 1 aromatic heterocycles. The summed E-state index contributed by atoms with van der Waals surface area (Å²) in [6.07, 6.45) is -6.73. The van der Waals surface area contributed by atoms with Gasteiger partial charge >= 0.3 is 17.8 Å². The van der Waals surface area contributed by atoms with E-state index < -0.39 is 56.6 Å². The Kier molecular flexibility index (Phi) is 9.46. The van der Waals surface area contributed by atoms with Crippen LogP contribution in [0, 0.1) is 11.8 Å². The van der Waals surface area contributed by atoms with Crippen LogP contribution in [0.2, 0.25) is 5.04 Å². The zero-order valence-corrected chi connectivity index (χ0v) is 24.8. The lowest BCUT2D eigenvalue weighted by Crippen LogP contribution is -2.67. The minimum atomic E-state index is -5.06. The van der Waals surface area contributed by atoms with Crippen LogP contribution in [0.15, 0.2) is 76.4 Å². The van der Waals surface area contributed by atoms with Crippen molar-refractivity contribution in [2.75, 3.05) is 13.2 Å². The number of aliphatic hydroxyl groups is 1. The molecule has 1 saturated heterocycles. The number of carbonyl (C=O) groups excluding carboxylic acids is 1. The van der Waals surface area contributed by atoms with Crippen molar-refractivity contribution in [3.63, 3.8) is 0 Å². The summed E-state index contributed by atoms with van der Waals surface area (Å²) in [6, 6.07) is 19.9. The van der Waals surface area contributed by atoms with Crippen molar-refractivity contribution < 1.29 is 32.2 Å². The van der Waals surface area contributed by atoms with Gasteiger partial charge in [-0.1, -0.05) is 93.3 Å². The number of aromatic amines is 1. The molecule has 2 aromatic carbocycles. The Morgan fingerprint density at radius 2 is 1.67 bits per heavy atom. The van der Waals surface area contributed by atoms with Gasteiger partial charge in [-0.2, -0.15) is 13.2 Å². The molecule has 13 heteroatoms. The average Bonchev–Trinajstić information content (AvgIpc) is 3.32. The van der Waals surface area contributed by atoms with Crippen LogP contribution >= 0.6 is 0 Å². The van der Waals surface area contributed by atoms with Gasteiger partial charge in [-0.15, -0.1) is 0 Å². The third-order valence-corrected chi connectivity index (χ3v) is 12.2. The van der Waals surface area contributed by atoms with Crippen LogP contribution in [-0.4, -0.2) is 60.4 Å². The molecule has 3 atom stereocenters. The summed E-state index contributed by atoms with van der Waals surface area (Å²) in [5, 5.41) is 14.3. The number of nitrogens with zero attached hydrogens (tertiary/aromatic N) is 1. The van der Waals surface area contributed by atoms with Crippen molar-refractivity contribution in [1.29, 1.82) is 0 Å². The molecule has 43 heavy (non-hydrogen) atoms. The van der Waals surface area contributed by atoms with Crippen molar-refractivity contribution in [3.05, 3.63) is 93.3 Å². The topological polar surface area (TPSA) is 123 Å². The highest BCUT2D eigenvalue weighted by molar-refractivity contribution is 6.99. The van der Waals surface area contributed by atoms with E-state index in [2.05, 4.69) is 37.6 Å². The second kappa shape index (κ2) is 12.7. The smallest absolute Gasteiger partial charge is 0.405 e. The zero-order valence-electron chi connectivity index (χ0n) is 23.8. The van der Waals surface area contributed by atoms with Gasteiger partial charge < -0.3 is 19.6 Å². The van der Waals surface area contributed by atoms with Crippen LogP contribution in [0.5, 0.6) is 0 Å². The monoisotopic (exact) mass is 615 g/mol. The first-order valence-electron chi connectivity index (χ1n) is 13.5. The number of ether oxygens (including phenoxy) is 1. The molecule has 1 amide bonds. The number of benzene rings is 2. The molecule has 3 aromatic rings. The summed E-state index contributed by atoms with van der Waals surface area (Å²) in [4.78, 5) is 37.9. The van der Waals surface area contributed by atoms with E-state index in [1.807, 2.05) is 60.7 Å². The van der Waals surface area contributed by atoms with Crippen LogP contribution < -0.4 is 26.9 Å². The number of hydrogen-bond donors (Lipinski definition) is 3. The fraction of sp³-hybridized carbons (Fsp3) is 0.367. The number of H-pyrrole nitrogens is 1. The van der Waals surface area contributed by atoms with Gasteiger partial charge in [0.2, 0.25) is 0 Å². The highest BCUT2D eigenvalue weighted by Crippen LogP contribution is 2.38. The molecular weight excluding hydrogens is 583 g/mol. The standard InChI is InChI=1S/C30H32F3N3O6Si/c1-29(2,3)43(21-12-6-4-7-13-21,22-14-8-5-9-15-22)41-19-24-23(37)17-25(42-24)36-18-20(26(38)35-28(36)40)11-10-16-34-27(39)30(31,32)33/h4-9,12-15,18,23-25,37H,16-17,19H2,1-3H3,(H,34,39)(H,35,38,40)/t23-,24-,25-/m1/s1. The second-order valence-electron chi connectivity index (χ2n) is 11.1. The molecule has 4 rings (SSSR count). The van der Waals surface area contributed by atoms with Gasteiger partial charge in [-0.25, -0.2) is 4.79 Å². The number of halogens is 3. The molecule has 0 saturated carbocycles. The minimum absolute atomic E-state index is 0.00916. The summed E-state index contributed by atoms with van der Waals surface area (Å²) in [5.41, 5.74) is -1.90. The summed E-state index contributed by atoms with van der Waals surface area (Å²) in [7, 11) is -2.94. The molecular formula is C30H32F3N3O6Si. The zero-order chi connectivity index (χ0) is 31.4. The second-order valence-corrected chi connectivity index (χ2v) is 15.4. The van der Waals surface area contributed by atoms with Crippen LogP contribution in [0.1, 0.15) is 39.0 Å². The van der Waals surface area contributed by atoms with Crippen LogP contribution in [0.25, 0.3) is 0 Å². The number of aliphatic hydroxyl groups excluding tert-OH is 1. The Labute approximate surface area is 246 Å². The van der Waals surface area contributed by atoms with Gasteiger partial charge in [0.25, 0.3) is 13.9 Å². The maximum absolute atomic E-state index is 12.6. The summed E-state index contributed by atoms with van der Waals surface area (Å²) in [5.74, 6) is 2.45. The Balaban J connectivity index is 1.56. The lowest BCUT2D eigenvalue weighted by atomic mass is 10.2. The molecule has 1 aliphatic rings. The van der Waals surface area contributed by atoms with Gasteiger partial charge in [-0.05, 0) is 15.4 Å². The van der Waals surface area contributed by atoms with Crippen molar-refractivity contribution in [3.8, 4) is 11.8 Å². The molecule has 3 N–H and O–H groups in total. The third kappa shape index (κ3) is 6.99. The van der Waals surface area contributed by atoms with Crippen LogP contribution in [0.4, 0.5) is 13.2 Å². The number of carbonyl (C=O) groups is 1. The minimum Gasteiger partial charge on any atom is -0.405 e. The Morgan fingerprint density at radius 3 is 2.21 bits per heavy atom. The summed E-state index contributed by atoms with van der Waals surface area (Å²) in [6.45, 7) is 5.70. The maximum Gasteiger partial charge on any atom is 0.471 e. The number of hydrogen-bond acceptors (Lipinski definition) is 6.